The predicted molar refractivity (Wildman–Crippen MR) is 160 cm³/mol. The Morgan fingerprint density at radius 3 is 2.49 bits per heavy atom. The van der Waals surface area contributed by atoms with Gasteiger partial charge in [0.15, 0.2) is 0 Å². The van der Waals surface area contributed by atoms with E-state index in [4.69, 9.17) is 32.7 Å². The number of likely N-dealkylation sites (N-methyl/N-ethyl adjacent to an activating group) is 2. The van der Waals surface area contributed by atoms with Gasteiger partial charge < -0.3 is 40.1 Å². The molecule has 0 radical (unpaired) electrons. The molecule has 0 aromatic heterocycles. The third-order valence-electron chi connectivity index (χ3n) is 7.31. The summed E-state index contributed by atoms with van der Waals surface area (Å²) < 4.78 is 10.9. The van der Waals surface area contributed by atoms with Crippen LogP contribution in [-0.2, 0) is 9.47 Å². The van der Waals surface area contributed by atoms with E-state index in [0.29, 0.717) is 18.1 Å². The molecule has 218 valence electrons. The Kier molecular flexibility index (Phi) is 12.5. The lowest BCUT2D eigenvalue weighted by molar-refractivity contribution is 0.0264. The van der Waals surface area contributed by atoms with Crippen LogP contribution in [0.4, 0.5) is 16.2 Å². The van der Waals surface area contributed by atoms with Crippen molar-refractivity contribution in [3.63, 3.8) is 0 Å². The highest BCUT2D eigenvalue weighted by molar-refractivity contribution is 6.21. The van der Waals surface area contributed by atoms with Crippen molar-refractivity contribution in [2.45, 2.75) is 50.1 Å². The number of urea groups is 1. The van der Waals surface area contributed by atoms with Gasteiger partial charge in [0.1, 0.15) is 12.0 Å². The molecule has 5 unspecified atom stereocenters. The molecule has 3 N–H and O–H groups in total. The molecule has 2 amide bonds. The molecule has 3 rings (SSSR count). The molecule has 39 heavy (non-hydrogen) atoms. The van der Waals surface area contributed by atoms with E-state index in [0.717, 1.165) is 38.4 Å². The van der Waals surface area contributed by atoms with Crippen LogP contribution >= 0.6 is 23.2 Å². The van der Waals surface area contributed by atoms with Crippen LogP contribution < -0.4 is 20.9 Å². The minimum Gasteiger partial charge on any atom is -0.380 e. The van der Waals surface area contributed by atoms with Crippen molar-refractivity contribution < 1.29 is 14.3 Å². The van der Waals surface area contributed by atoms with Gasteiger partial charge in [0.25, 0.3) is 0 Å². The van der Waals surface area contributed by atoms with E-state index in [1.54, 1.807) is 32.5 Å². The summed E-state index contributed by atoms with van der Waals surface area (Å²) in [5.41, 5.74) is 2.15. The summed E-state index contributed by atoms with van der Waals surface area (Å²) in [6.07, 6.45) is 3.06. The first-order chi connectivity index (χ1) is 18.8. The number of nitrogens with one attached hydrogen (secondary N) is 3. The molecule has 0 spiro atoms. The number of halogens is 2. The molecule has 0 bridgehead atoms. The van der Waals surface area contributed by atoms with E-state index < -0.39 is 11.5 Å². The highest BCUT2D eigenvalue weighted by atomic mass is 35.5. The van der Waals surface area contributed by atoms with Crippen molar-refractivity contribution in [3.8, 4) is 0 Å². The molecular weight excluding hydrogens is 541 g/mol. The van der Waals surface area contributed by atoms with Crippen LogP contribution in [-0.4, -0.2) is 112 Å². The number of aliphatic imine (C=N–C) groups is 1. The van der Waals surface area contributed by atoms with Crippen molar-refractivity contribution in [2.75, 3.05) is 70.1 Å². The minimum atomic E-state index is -0.472. The van der Waals surface area contributed by atoms with Gasteiger partial charge in [0.05, 0.1) is 23.9 Å². The molecule has 1 saturated heterocycles. The van der Waals surface area contributed by atoms with Gasteiger partial charge in [-0.25, -0.2) is 9.79 Å². The van der Waals surface area contributed by atoms with E-state index in [-0.39, 0.29) is 24.3 Å². The molecule has 1 aromatic rings. The molecule has 1 aromatic carbocycles. The largest absolute Gasteiger partial charge is 0.380 e. The lowest BCUT2D eigenvalue weighted by atomic mass is 10.0. The van der Waals surface area contributed by atoms with Crippen LogP contribution in [0.25, 0.3) is 0 Å². The number of rotatable bonds is 13. The molecule has 10 nitrogen and oxygen atoms in total. The molecule has 12 heteroatoms. The predicted octanol–water partition coefficient (Wildman–Crippen LogP) is 3.34. The van der Waals surface area contributed by atoms with Crippen LogP contribution in [0.3, 0.4) is 0 Å². The third kappa shape index (κ3) is 8.88. The number of nitrogens with zero attached hydrogens (tertiary/aromatic N) is 4. The molecule has 2 aliphatic heterocycles. The highest BCUT2D eigenvalue weighted by Crippen LogP contribution is 2.22. The molecule has 2 heterocycles. The Balaban J connectivity index is 1.54. The number of amides is 2. The topological polar surface area (TPSA) is 93.7 Å². The smallest absolute Gasteiger partial charge is 0.319 e. The van der Waals surface area contributed by atoms with Gasteiger partial charge in [-0.05, 0) is 37.7 Å². The summed E-state index contributed by atoms with van der Waals surface area (Å²) >= 11 is 12.6. The Bertz CT molecular complexity index is 953. The highest BCUT2D eigenvalue weighted by Gasteiger charge is 2.30. The number of carbonyl (C=O) groups excluding carboxylic acids is 1. The number of hydrogen-bond acceptors (Lipinski definition) is 8. The number of hydrogen-bond donors (Lipinski definition) is 3. The SMILES string of the molecule is CCN1CCN(c2ccc(NC3=CC(N(C)C(=O)NC(C)C(Cl)C(CC(CCl)OC)OC)NC=N3)cc2)CC1. The molecule has 2 aliphatic rings. The Hall–Kier alpha value is -2.24. The van der Waals surface area contributed by atoms with Crippen molar-refractivity contribution >= 4 is 46.9 Å². The number of piperazine rings is 1. The molecule has 5 atom stereocenters. The minimum absolute atomic E-state index is 0.182. The van der Waals surface area contributed by atoms with Gasteiger partial charge in [0, 0.05) is 83.2 Å². The van der Waals surface area contributed by atoms with E-state index in [9.17, 15) is 4.79 Å². The summed E-state index contributed by atoms with van der Waals surface area (Å²) in [7, 11) is 4.91. The zero-order valence-electron chi connectivity index (χ0n) is 23.6. The number of carbonyl (C=O) groups is 1. The van der Waals surface area contributed by atoms with E-state index in [2.05, 4.69) is 61.9 Å². The fraction of sp³-hybridized carbons (Fsp3) is 0.630. The zero-order chi connectivity index (χ0) is 28.4. The average molecular weight is 585 g/mol. The summed E-state index contributed by atoms with van der Waals surface area (Å²) in [5.74, 6) is 0.985. The normalized spacial score (nSPS) is 20.8. The van der Waals surface area contributed by atoms with Gasteiger partial charge in [-0.2, -0.15) is 0 Å². The van der Waals surface area contributed by atoms with Gasteiger partial charge in [-0.3, -0.25) is 0 Å². The molecule has 1 fully saturated rings. The number of ether oxygens (including phenoxy) is 2. The fourth-order valence-corrected chi connectivity index (χ4v) is 5.13. The summed E-state index contributed by atoms with van der Waals surface area (Å²) in [5, 5.41) is 8.95. The van der Waals surface area contributed by atoms with Crippen LogP contribution in [0, 0.1) is 0 Å². The lowest BCUT2D eigenvalue weighted by Crippen LogP contribution is -2.54. The van der Waals surface area contributed by atoms with Crippen LogP contribution in [0.2, 0.25) is 0 Å². The summed E-state index contributed by atoms with van der Waals surface area (Å²) in [6.45, 7) is 9.41. The Labute approximate surface area is 242 Å². The number of alkyl halides is 2. The second kappa shape index (κ2) is 15.5. The van der Waals surface area contributed by atoms with Gasteiger partial charge in [0.2, 0.25) is 0 Å². The Morgan fingerprint density at radius 1 is 1.21 bits per heavy atom. The maximum Gasteiger partial charge on any atom is 0.319 e. The summed E-state index contributed by atoms with van der Waals surface area (Å²) in [6, 6.07) is 7.73. The number of methoxy groups -OCH3 is 2. The van der Waals surface area contributed by atoms with Gasteiger partial charge in [-0.1, -0.05) is 6.92 Å². The second-order valence-corrected chi connectivity index (χ2v) is 10.6. The van der Waals surface area contributed by atoms with Crippen molar-refractivity contribution in [2.24, 2.45) is 4.99 Å². The van der Waals surface area contributed by atoms with Crippen molar-refractivity contribution in [1.82, 2.24) is 20.4 Å². The van der Waals surface area contributed by atoms with Crippen molar-refractivity contribution in [1.29, 1.82) is 0 Å². The third-order valence-corrected chi connectivity index (χ3v) is 8.32. The lowest BCUT2D eigenvalue weighted by Gasteiger charge is -2.35. The van der Waals surface area contributed by atoms with Crippen LogP contribution in [0.1, 0.15) is 20.3 Å². The standard InChI is InChI=1S/C27H43Cl2N7O3/c1-6-35-11-13-36(14-12-35)21-9-7-20(8-10-21)33-24-16-25(31-18-30-24)34(3)27(37)32-19(2)26(29)23(39-5)15-22(17-28)38-4/h7-10,16,18-19,22-23,25-26,33H,6,11-15,17H2,1-5H3,(H,30,31)(H,32,37). The molecular formula is C27H43Cl2N7O3. The molecule has 0 aliphatic carbocycles. The van der Waals surface area contributed by atoms with Crippen molar-refractivity contribution in [3.05, 3.63) is 36.2 Å². The van der Waals surface area contributed by atoms with E-state index >= 15 is 0 Å². The zero-order valence-corrected chi connectivity index (χ0v) is 25.1. The monoisotopic (exact) mass is 583 g/mol. The Morgan fingerprint density at radius 2 is 1.90 bits per heavy atom. The maximum absolute atomic E-state index is 13.0. The van der Waals surface area contributed by atoms with Crippen LogP contribution in [0.15, 0.2) is 41.2 Å². The number of anilines is 2. The van der Waals surface area contributed by atoms with E-state index in [1.807, 2.05) is 13.0 Å². The fourth-order valence-electron chi connectivity index (χ4n) is 4.61. The first-order valence-electron chi connectivity index (χ1n) is 13.4. The number of benzene rings is 1. The first kappa shape index (κ1) is 31.3. The molecule has 0 saturated carbocycles. The van der Waals surface area contributed by atoms with Crippen LogP contribution in [0.5, 0.6) is 0 Å². The van der Waals surface area contributed by atoms with E-state index in [1.165, 1.54) is 5.69 Å². The second-order valence-electron chi connectivity index (χ2n) is 9.83. The average Bonchev–Trinajstić information content (AvgIpc) is 2.97. The first-order valence-corrected chi connectivity index (χ1v) is 14.4. The summed E-state index contributed by atoms with van der Waals surface area (Å²) in [4.78, 5) is 23.9. The quantitative estimate of drug-likeness (QED) is 0.307. The van der Waals surface area contributed by atoms with Gasteiger partial charge in [-0.15, -0.1) is 23.2 Å². The van der Waals surface area contributed by atoms with Gasteiger partial charge >= 0.3 is 6.03 Å². The maximum atomic E-state index is 13.0.